The van der Waals surface area contributed by atoms with Crippen LogP contribution in [0.5, 0.6) is 0 Å². The van der Waals surface area contributed by atoms with Gasteiger partial charge < -0.3 is 43.6 Å². The van der Waals surface area contributed by atoms with Gasteiger partial charge in [0.15, 0.2) is 5.78 Å². The molecule has 15 atom stereocenters. The minimum atomic E-state index is -2.65. The number of aliphatic hydroxyl groups is 2. The van der Waals surface area contributed by atoms with Crippen molar-refractivity contribution in [2.24, 2.45) is 41.4 Å². The molecule has 77 heavy (non-hydrogen) atoms. The van der Waals surface area contributed by atoms with E-state index in [0.717, 1.165) is 11.3 Å². The highest BCUT2D eigenvalue weighted by Gasteiger charge is 2.53. The SMILES string of the molecule is CCCCOC(=O)N(O)[C@@H]1C[C@@H]2CC[C@@H](C)[C@@](O)(O2)C(=O)C(=O)N2CCCC[C@H]2C(=O)O[C@H]([C@H](C)C[C@@H]2CC[C@@H](C(=O)ON(C)O)[C@H](OC)C2)CC(=O)[C@H](C)/C=C(\C)[C@@H](O)[C@@H](OC)C(=O)[C@H](C)C[C@H](C)/C=C/C=C/C=C/1C. The molecule has 0 radical (unpaired) electrons. The maximum absolute atomic E-state index is 14.6. The number of ether oxygens (including phenoxy) is 5. The number of methoxy groups -OCH3 is 2. The molecule has 2 bridgehead atoms. The molecule has 434 valence electrons. The number of unbranched alkanes of at least 4 members (excludes halogenated alkanes) is 1. The fraction of sp³-hybridized carbons (Fsp3) is 0.737. The summed E-state index contributed by atoms with van der Waals surface area (Å²) in [5, 5.41) is 45.4. The first-order valence-corrected chi connectivity index (χ1v) is 27.6. The number of hydrogen-bond acceptors (Lipinski definition) is 18. The van der Waals surface area contributed by atoms with Gasteiger partial charge in [0.1, 0.15) is 30.1 Å². The fourth-order valence-electron chi connectivity index (χ4n) is 11.1. The van der Waals surface area contributed by atoms with Crippen molar-refractivity contribution in [3.63, 3.8) is 0 Å². The molecule has 0 aromatic rings. The van der Waals surface area contributed by atoms with E-state index in [0.29, 0.717) is 79.2 Å². The van der Waals surface area contributed by atoms with E-state index in [9.17, 15) is 54.2 Å². The predicted molar refractivity (Wildman–Crippen MR) is 281 cm³/mol. The van der Waals surface area contributed by atoms with Gasteiger partial charge in [0.05, 0.1) is 37.8 Å². The average Bonchev–Trinajstić information content (AvgIpc) is 3.39. The van der Waals surface area contributed by atoms with Crippen molar-refractivity contribution in [1.82, 2.24) is 15.2 Å². The fourth-order valence-corrected chi connectivity index (χ4v) is 11.1. The van der Waals surface area contributed by atoms with Crippen LogP contribution < -0.4 is 0 Å². The Balaban J connectivity index is 1.75. The summed E-state index contributed by atoms with van der Waals surface area (Å²) in [5.41, 5.74) is 0.824. The van der Waals surface area contributed by atoms with Crippen molar-refractivity contribution < 1.29 is 82.7 Å². The van der Waals surface area contributed by atoms with E-state index in [1.54, 1.807) is 65.0 Å². The lowest BCUT2D eigenvalue weighted by Crippen LogP contribution is -2.61. The van der Waals surface area contributed by atoms with Gasteiger partial charge in [0.25, 0.3) is 11.7 Å². The zero-order valence-electron chi connectivity index (χ0n) is 47.3. The van der Waals surface area contributed by atoms with Gasteiger partial charge in [0.2, 0.25) is 5.79 Å². The summed E-state index contributed by atoms with van der Waals surface area (Å²) in [4.78, 5) is 104. The first kappa shape index (κ1) is 64.9. The third kappa shape index (κ3) is 17.9. The number of rotatable bonds is 11. The van der Waals surface area contributed by atoms with Crippen LogP contribution in [0.15, 0.2) is 47.6 Å². The molecule has 4 aliphatic rings. The van der Waals surface area contributed by atoms with Crippen molar-refractivity contribution in [2.45, 2.75) is 194 Å². The number of aliphatic hydroxyl groups excluding tert-OH is 1. The van der Waals surface area contributed by atoms with Crippen LogP contribution in [0.25, 0.3) is 0 Å². The molecule has 1 aliphatic carbocycles. The Morgan fingerprint density at radius 2 is 1.62 bits per heavy atom. The minimum Gasteiger partial charge on any atom is -0.460 e. The summed E-state index contributed by atoms with van der Waals surface area (Å²) in [6.07, 6.45) is 8.92. The van der Waals surface area contributed by atoms with E-state index >= 15 is 0 Å². The van der Waals surface area contributed by atoms with Gasteiger partial charge in [0, 0.05) is 51.4 Å². The standard InChI is InChI=1S/C57H89N3O17/c1-12-13-27-74-56(68)60(71)45-32-42-24-22-40(8)57(69,76-42)52(64)53(65)59-26-18-17-21-44(59)55(67)75-47(37(5)30-41-23-25-43(48(31-41)72-10)54(66)77-58(9)70)33-46(61)36(4)29-39(7)50(63)51(73-11)49(62)38(6)28-34(2)19-15-14-16-20-35(45)3/h14-16,19-20,29,34,36-38,40-45,47-48,50-51,63,69-71H,12-13,17-18,21-28,30-33H2,1-11H3/b16-14+,19-15+,35-20+,39-29+/t34-,36-,37-,38-,40-,41+,42+,43-,44+,45-,47+,48-,50-,51+,57-/m1/s1. The molecule has 4 N–H and O–H groups in total. The van der Waals surface area contributed by atoms with Crippen LogP contribution in [0.4, 0.5) is 4.79 Å². The Morgan fingerprint density at radius 3 is 2.29 bits per heavy atom. The van der Waals surface area contributed by atoms with Crippen LogP contribution in [0.3, 0.4) is 0 Å². The minimum absolute atomic E-state index is 0.0198. The third-order valence-corrected chi connectivity index (χ3v) is 16.0. The number of ketones is 3. The Morgan fingerprint density at radius 1 is 0.909 bits per heavy atom. The number of cyclic esters (lactones) is 1. The molecule has 0 aromatic heterocycles. The third-order valence-electron chi connectivity index (χ3n) is 16.0. The number of fused-ring (bicyclic) bond motifs is 3. The maximum Gasteiger partial charge on any atom is 0.434 e. The molecule has 0 unspecified atom stereocenters. The first-order valence-electron chi connectivity index (χ1n) is 27.6. The number of allylic oxidation sites excluding steroid dienone is 6. The summed E-state index contributed by atoms with van der Waals surface area (Å²) >= 11 is 0. The largest absolute Gasteiger partial charge is 0.460 e. The number of piperidine rings is 1. The summed E-state index contributed by atoms with van der Waals surface area (Å²) < 4.78 is 29.1. The summed E-state index contributed by atoms with van der Waals surface area (Å²) in [7, 11) is 4.00. The van der Waals surface area contributed by atoms with Gasteiger partial charge in [-0.2, -0.15) is 5.06 Å². The van der Waals surface area contributed by atoms with Crippen LogP contribution >= 0.6 is 0 Å². The molecule has 3 heterocycles. The molecule has 3 aliphatic heterocycles. The molecule has 4 rings (SSSR count). The number of carbonyl (C=O) groups is 7. The van der Waals surface area contributed by atoms with Crippen LogP contribution in [0.1, 0.15) is 145 Å². The number of nitrogens with zero attached hydrogens (tertiary/aromatic N) is 3. The van der Waals surface area contributed by atoms with Crippen LogP contribution in [0, 0.1) is 41.4 Å². The Labute approximate surface area is 455 Å². The van der Waals surface area contributed by atoms with Gasteiger partial charge in [-0.3, -0.25) is 29.6 Å². The normalized spacial score (nSPS) is 35.8. The van der Waals surface area contributed by atoms with Crippen LogP contribution in [-0.4, -0.2) is 160 Å². The molecule has 2 saturated heterocycles. The number of hydroxylamine groups is 4. The second-order valence-corrected chi connectivity index (χ2v) is 22.1. The molecule has 0 aromatic carbocycles. The molecule has 1 saturated carbocycles. The zero-order valence-corrected chi connectivity index (χ0v) is 47.3. The number of carbonyl (C=O) groups excluding carboxylic acids is 7. The average molecular weight is 1090 g/mol. The highest BCUT2D eigenvalue weighted by molar-refractivity contribution is 6.39. The molecular weight excluding hydrogens is 999 g/mol. The van der Waals surface area contributed by atoms with Gasteiger partial charge >= 0.3 is 18.0 Å². The van der Waals surface area contributed by atoms with E-state index in [-0.39, 0.29) is 62.2 Å². The first-order chi connectivity index (χ1) is 36.4. The topological polar surface area (TPSA) is 266 Å². The van der Waals surface area contributed by atoms with E-state index < -0.39 is 108 Å². The summed E-state index contributed by atoms with van der Waals surface area (Å²) in [5.74, 6) is -10.8. The van der Waals surface area contributed by atoms with Gasteiger partial charge in [-0.05, 0) is 119 Å². The van der Waals surface area contributed by atoms with Crippen molar-refractivity contribution in [3.8, 4) is 0 Å². The highest BCUT2D eigenvalue weighted by Crippen LogP contribution is 2.39. The molecule has 2 amide bonds. The number of amides is 2. The summed E-state index contributed by atoms with van der Waals surface area (Å²) in [6.45, 7) is 14.0. The maximum atomic E-state index is 14.6. The van der Waals surface area contributed by atoms with Crippen molar-refractivity contribution >= 4 is 41.3 Å². The monoisotopic (exact) mass is 1090 g/mol. The second kappa shape index (κ2) is 30.6. The number of esters is 1. The highest BCUT2D eigenvalue weighted by atomic mass is 16.9. The molecule has 0 spiro atoms. The summed E-state index contributed by atoms with van der Waals surface area (Å²) in [6, 6.07) is -2.33. The second-order valence-electron chi connectivity index (χ2n) is 22.1. The molecule has 3 fully saturated rings. The Bertz CT molecular complexity index is 2140. The van der Waals surface area contributed by atoms with Gasteiger partial charge in [-0.1, -0.05) is 84.4 Å². The molecular formula is C57H89N3O17. The molecule has 20 nitrogen and oxygen atoms in total. The van der Waals surface area contributed by atoms with Gasteiger partial charge in [-0.15, -0.1) is 0 Å². The van der Waals surface area contributed by atoms with Crippen molar-refractivity contribution in [1.29, 1.82) is 0 Å². The van der Waals surface area contributed by atoms with E-state index in [4.69, 9.17) is 28.5 Å². The smallest absolute Gasteiger partial charge is 0.434 e. The lowest BCUT2D eigenvalue weighted by atomic mass is 9.75. The van der Waals surface area contributed by atoms with Crippen LogP contribution in [-0.2, 0) is 57.3 Å². The van der Waals surface area contributed by atoms with Crippen molar-refractivity contribution in [3.05, 3.63) is 47.6 Å². The number of hydrogen-bond donors (Lipinski definition) is 4. The Hall–Kier alpha value is -4.67. The van der Waals surface area contributed by atoms with Crippen LogP contribution in [0.2, 0.25) is 0 Å². The zero-order chi connectivity index (χ0) is 57.3. The Kier molecular flexibility index (Phi) is 25.8. The van der Waals surface area contributed by atoms with E-state index in [2.05, 4.69) is 0 Å². The molecule has 20 heteroatoms. The lowest BCUT2D eigenvalue weighted by Gasteiger charge is -2.43. The van der Waals surface area contributed by atoms with E-state index in [1.165, 1.54) is 21.3 Å². The lowest BCUT2D eigenvalue weighted by molar-refractivity contribution is -0.306. The van der Waals surface area contributed by atoms with Crippen molar-refractivity contribution in [2.75, 3.05) is 34.4 Å². The van der Waals surface area contributed by atoms with Gasteiger partial charge in [-0.25, -0.2) is 14.4 Å². The van der Waals surface area contributed by atoms with E-state index in [1.807, 2.05) is 26.8 Å². The number of Topliss-reactive ketones (excluding diaryl/α,β-unsaturated/α-hetero) is 3. The quantitative estimate of drug-likeness (QED) is 0.0398. The predicted octanol–water partition coefficient (Wildman–Crippen LogP) is 7.20.